The van der Waals surface area contributed by atoms with Crippen molar-refractivity contribution in [3.05, 3.63) is 5.82 Å². The number of nitrogen functional groups attached to an aromatic ring is 1. The van der Waals surface area contributed by atoms with Crippen LogP contribution in [-0.4, -0.2) is 26.3 Å². The van der Waals surface area contributed by atoms with Gasteiger partial charge in [-0.3, -0.25) is 9.89 Å². The van der Waals surface area contributed by atoms with Crippen molar-refractivity contribution in [2.75, 3.05) is 5.73 Å². The molecule has 66 valence electrons. The van der Waals surface area contributed by atoms with E-state index in [1.165, 1.54) is 0 Å². The summed E-state index contributed by atoms with van der Waals surface area (Å²) in [5.41, 5.74) is 5.24. The number of carbonyl (C=O) groups is 1. The predicted molar refractivity (Wildman–Crippen MR) is 41.4 cm³/mol. The third-order valence-electron chi connectivity index (χ3n) is 1.35. The summed E-state index contributed by atoms with van der Waals surface area (Å²) in [7, 11) is 0. The van der Waals surface area contributed by atoms with E-state index in [2.05, 4.69) is 15.2 Å². The van der Waals surface area contributed by atoms with Crippen LogP contribution in [0.1, 0.15) is 18.7 Å². The van der Waals surface area contributed by atoms with Gasteiger partial charge in [-0.05, 0) is 6.42 Å². The second kappa shape index (κ2) is 3.70. The van der Waals surface area contributed by atoms with E-state index in [0.717, 1.165) is 0 Å². The third-order valence-corrected chi connectivity index (χ3v) is 1.35. The standard InChI is InChI=1S/C6H10N4O2/c7-6-8-4(9-10-6)2-1-3-5(11)12/h1-3H2,(H,11,12)(H3,7,8,9,10). The van der Waals surface area contributed by atoms with E-state index in [0.29, 0.717) is 18.7 Å². The lowest BCUT2D eigenvalue weighted by atomic mass is 10.2. The minimum absolute atomic E-state index is 0.139. The number of nitrogens with zero attached hydrogens (tertiary/aromatic N) is 2. The molecule has 0 aliphatic rings. The molecule has 0 aromatic carbocycles. The summed E-state index contributed by atoms with van der Waals surface area (Å²) >= 11 is 0. The molecule has 1 aromatic heterocycles. The van der Waals surface area contributed by atoms with E-state index in [1.54, 1.807) is 0 Å². The normalized spacial score (nSPS) is 10.0. The third kappa shape index (κ3) is 2.57. The second-order valence-corrected chi connectivity index (χ2v) is 2.39. The Kier molecular flexibility index (Phi) is 2.62. The molecule has 4 N–H and O–H groups in total. The molecular weight excluding hydrogens is 160 g/mol. The Hall–Kier alpha value is -1.59. The monoisotopic (exact) mass is 170 g/mol. The van der Waals surface area contributed by atoms with Crippen LogP contribution in [0.2, 0.25) is 0 Å². The van der Waals surface area contributed by atoms with Crippen molar-refractivity contribution in [1.29, 1.82) is 0 Å². The fraction of sp³-hybridized carbons (Fsp3) is 0.500. The summed E-state index contributed by atoms with van der Waals surface area (Å²) < 4.78 is 0. The SMILES string of the molecule is Nc1n[nH]c(CCCC(=O)O)n1. The number of hydrogen-bond donors (Lipinski definition) is 3. The van der Waals surface area contributed by atoms with E-state index in [-0.39, 0.29) is 12.4 Å². The average molecular weight is 170 g/mol. The molecule has 0 aliphatic heterocycles. The Morgan fingerprint density at radius 2 is 2.42 bits per heavy atom. The largest absolute Gasteiger partial charge is 0.481 e. The van der Waals surface area contributed by atoms with Gasteiger partial charge in [-0.1, -0.05) is 0 Å². The maximum atomic E-state index is 10.1. The van der Waals surface area contributed by atoms with Crippen LogP contribution in [0.5, 0.6) is 0 Å². The minimum Gasteiger partial charge on any atom is -0.481 e. The van der Waals surface area contributed by atoms with E-state index in [1.807, 2.05) is 0 Å². The molecule has 0 spiro atoms. The van der Waals surface area contributed by atoms with E-state index in [4.69, 9.17) is 10.8 Å². The fourth-order valence-corrected chi connectivity index (χ4v) is 0.829. The van der Waals surface area contributed by atoms with Crippen molar-refractivity contribution in [3.63, 3.8) is 0 Å². The quantitative estimate of drug-likeness (QED) is 0.580. The molecule has 12 heavy (non-hydrogen) atoms. The number of H-pyrrole nitrogens is 1. The lowest BCUT2D eigenvalue weighted by Crippen LogP contribution is -1.97. The molecule has 6 heteroatoms. The molecular formula is C6H10N4O2. The van der Waals surface area contributed by atoms with Crippen molar-refractivity contribution < 1.29 is 9.90 Å². The molecule has 0 saturated heterocycles. The number of aryl methyl sites for hydroxylation is 1. The highest BCUT2D eigenvalue weighted by molar-refractivity contribution is 5.66. The Balaban J connectivity index is 2.29. The minimum atomic E-state index is -0.803. The molecule has 0 amide bonds. The van der Waals surface area contributed by atoms with Crippen LogP contribution in [0.4, 0.5) is 5.95 Å². The van der Waals surface area contributed by atoms with Crippen molar-refractivity contribution >= 4 is 11.9 Å². The topological polar surface area (TPSA) is 105 Å². The smallest absolute Gasteiger partial charge is 0.303 e. The van der Waals surface area contributed by atoms with Crippen LogP contribution >= 0.6 is 0 Å². The Morgan fingerprint density at radius 3 is 2.92 bits per heavy atom. The first-order valence-corrected chi connectivity index (χ1v) is 3.57. The molecule has 1 aromatic rings. The van der Waals surface area contributed by atoms with Crippen molar-refractivity contribution in [2.24, 2.45) is 0 Å². The van der Waals surface area contributed by atoms with Gasteiger partial charge in [0.2, 0.25) is 5.95 Å². The number of rotatable bonds is 4. The highest BCUT2D eigenvalue weighted by Gasteiger charge is 2.01. The van der Waals surface area contributed by atoms with Crippen molar-refractivity contribution in [3.8, 4) is 0 Å². The van der Waals surface area contributed by atoms with Gasteiger partial charge in [-0.25, -0.2) is 0 Å². The van der Waals surface area contributed by atoms with Crippen molar-refractivity contribution in [2.45, 2.75) is 19.3 Å². The highest BCUT2D eigenvalue weighted by atomic mass is 16.4. The maximum absolute atomic E-state index is 10.1. The molecule has 0 bridgehead atoms. The number of nitrogens with one attached hydrogen (secondary N) is 1. The van der Waals surface area contributed by atoms with Gasteiger partial charge in [-0.2, -0.15) is 4.98 Å². The second-order valence-electron chi connectivity index (χ2n) is 2.39. The molecule has 0 saturated carbocycles. The van der Waals surface area contributed by atoms with Gasteiger partial charge in [0.15, 0.2) is 0 Å². The number of aromatic amines is 1. The molecule has 0 radical (unpaired) electrons. The zero-order valence-corrected chi connectivity index (χ0v) is 6.45. The Labute approximate surface area is 68.8 Å². The van der Waals surface area contributed by atoms with Crippen LogP contribution in [0.3, 0.4) is 0 Å². The first-order chi connectivity index (χ1) is 5.68. The summed E-state index contributed by atoms with van der Waals surface area (Å²) in [4.78, 5) is 13.9. The van der Waals surface area contributed by atoms with Gasteiger partial charge >= 0.3 is 5.97 Å². The number of aromatic nitrogens is 3. The van der Waals surface area contributed by atoms with Crippen LogP contribution < -0.4 is 5.73 Å². The molecule has 0 fully saturated rings. The first kappa shape index (κ1) is 8.51. The number of anilines is 1. The van der Waals surface area contributed by atoms with Gasteiger partial charge in [0.05, 0.1) is 0 Å². The van der Waals surface area contributed by atoms with Gasteiger partial charge < -0.3 is 10.8 Å². The van der Waals surface area contributed by atoms with Crippen LogP contribution in [0.15, 0.2) is 0 Å². The number of aliphatic carboxylic acids is 1. The van der Waals surface area contributed by atoms with Gasteiger partial charge in [0.1, 0.15) is 5.82 Å². The fourth-order valence-electron chi connectivity index (χ4n) is 0.829. The number of carboxylic acids is 1. The zero-order chi connectivity index (χ0) is 8.97. The lowest BCUT2D eigenvalue weighted by Gasteiger charge is -1.91. The summed E-state index contributed by atoms with van der Waals surface area (Å²) in [5.74, 6) is 0.0246. The maximum Gasteiger partial charge on any atom is 0.303 e. The van der Waals surface area contributed by atoms with E-state index >= 15 is 0 Å². The zero-order valence-electron chi connectivity index (χ0n) is 6.45. The van der Waals surface area contributed by atoms with Crippen LogP contribution in [-0.2, 0) is 11.2 Å². The number of carboxylic acid groups (broad SMARTS) is 1. The van der Waals surface area contributed by atoms with Gasteiger partial charge in [0, 0.05) is 12.8 Å². The molecule has 0 unspecified atom stereocenters. The average Bonchev–Trinajstić information content (AvgIpc) is 2.35. The summed E-state index contributed by atoms with van der Waals surface area (Å²) in [6.45, 7) is 0. The Bertz CT molecular complexity index is 270. The van der Waals surface area contributed by atoms with Crippen molar-refractivity contribution in [1.82, 2.24) is 15.2 Å². The summed E-state index contributed by atoms with van der Waals surface area (Å²) in [6.07, 6.45) is 1.25. The molecule has 6 nitrogen and oxygen atoms in total. The van der Waals surface area contributed by atoms with Crippen LogP contribution in [0.25, 0.3) is 0 Å². The Morgan fingerprint density at radius 1 is 1.67 bits per heavy atom. The van der Waals surface area contributed by atoms with E-state index < -0.39 is 5.97 Å². The predicted octanol–water partition coefficient (Wildman–Crippen LogP) is -0.206. The molecule has 0 atom stereocenters. The molecule has 1 rings (SSSR count). The highest BCUT2D eigenvalue weighted by Crippen LogP contribution is 1.99. The molecule has 0 aliphatic carbocycles. The summed E-state index contributed by atoms with van der Waals surface area (Å²) in [6, 6.07) is 0. The van der Waals surface area contributed by atoms with E-state index in [9.17, 15) is 4.79 Å². The summed E-state index contributed by atoms with van der Waals surface area (Å²) in [5, 5.41) is 14.5. The molecule has 1 heterocycles. The van der Waals surface area contributed by atoms with Gasteiger partial charge in [0.25, 0.3) is 0 Å². The number of hydrogen-bond acceptors (Lipinski definition) is 4. The van der Waals surface area contributed by atoms with Crippen LogP contribution in [0, 0.1) is 0 Å². The number of nitrogens with two attached hydrogens (primary N) is 1. The lowest BCUT2D eigenvalue weighted by molar-refractivity contribution is -0.137. The first-order valence-electron chi connectivity index (χ1n) is 3.57. The van der Waals surface area contributed by atoms with Gasteiger partial charge in [-0.15, -0.1) is 5.10 Å².